The van der Waals surface area contributed by atoms with Gasteiger partial charge >= 0.3 is 0 Å². The topological polar surface area (TPSA) is 282 Å². The van der Waals surface area contributed by atoms with Crippen LogP contribution in [0.15, 0.2) is 130 Å². The average molecular weight is 1120 g/mol. The number of allylic oxidation sites excluding steroid dienone is 5. The van der Waals surface area contributed by atoms with Crippen LogP contribution in [0.25, 0.3) is 0 Å². The van der Waals surface area contributed by atoms with Crippen LogP contribution >= 0.6 is 0 Å². The summed E-state index contributed by atoms with van der Waals surface area (Å²) < 4.78 is 0. The van der Waals surface area contributed by atoms with E-state index in [4.69, 9.17) is 17.2 Å². The second kappa shape index (κ2) is 27.8. The Morgan fingerprint density at radius 3 is 2.37 bits per heavy atom. The fourth-order valence-electron chi connectivity index (χ4n) is 14.7. The molecule has 2 bridgehead atoms. The number of Topliss-reactive ketones (excluding diaryl/α,β-unsaturated/α-hetero) is 1. The van der Waals surface area contributed by atoms with Gasteiger partial charge in [-0.2, -0.15) is 0 Å². The van der Waals surface area contributed by atoms with Crippen LogP contribution in [-0.2, 0) is 28.9 Å². The molecule has 15 nitrogen and oxygen atoms in total. The first-order valence-electron chi connectivity index (χ1n) is 30.1. The number of aliphatic imine (C=N–C) groups is 1. The van der Waals surface area contributed by atoms with E-state index in [2.05, 4.69) is 47.4 Å². The second-order valence-electron chi connectivity index (χ2n) is 24.9. The number of aliphatic hydroxyl groups excluding tert-OH is 4. The molecule has 15 N–H and O–H groups in total. The number of carbonyl (C=O) groups is 2. The van der Waals surface area contributed by atoms with E-state index in [1.54, 1.807) is 31.2 Å². The third-order valence-corrected chi connectivity index (χ3v) is 19.3. The fourth-order valence-corrected chi connectivity index (χ4v) is 14.7. The van der Waals surface area contributed by atoms with Crippen molar-refractivity contribution in [2.75, 3.05) is 26.2 Å². The van der Waals surface area contributed by atoms with Gasteiger partial charge in [0.1, 0.15) is 18.0 Å². The summed E-state index contributed by atoms with van der Waals surface area (Å²) in [5, 5.41) is 81.9. The summed E-state index contributed by atoms with van der Waals surface area (Å²) in [7, 11) is 0. The molecule has 3 aliphatic carbocycles. The Labute approximate surface area is 486 Å². The fraction of sp³-hybridized carbons (Fsp3) is 0.537. The van der Waals surface area contributed by atoms with Gasteiger partial charge in [0.2, 0.25) is 5.91 Å². The Balaban J connectivity index is 1.16. The Kier molecular flexibility index (Phi) is 21.1. The van der Waals surface area contributed by atoms with Gasteiger partial charge in [-0.25, -0.2) is 0 Å². The molecule has 8 rings (SSSR count). The number of phenols is 1. The van der Waals surface area contributed by atoms with E-state index in [1.165, 1.54) is 37.7 Å². The molecule has 0 radical (unpaired) electrons. The first kappa shape index (κ1) is 62.3. The summed E-state index contributed by atoms with van der Waals surface area (Å²) in [5.74, 6) is -2.05. The number of nitrogens with zero attached hydrogens (tertiary/aromatic N) is 1. The van der Waals surface area contributed by atoms with Crippen molar-refractivity contribution in [1.29, 1.82) is 0 Å². The summed E-state index contributed by atoms with van der Waals surface area (Å²) in [4.78, 5) is 33.7. The Hall–Kier alpha value is -5.75. The molecule has 2 aliphatic heterocycles. The molecule has 3 fully saturated rings. The zero-order valence-electron chi connectivity index (χ0n) is 48.8. The van der Waals surface area contributed by atoms with Gasteiger partial charge in [-0.05, 0) is 185 Å². The number of hydrogen-bond donors (Lipinski definition) is 12. The number of amides is 1. The number of aliphatic hydroxyl groups is 5. The van der Waals surface area contributed by atoms with Crippen molar-refractivity contribution in [3.05, 3.63) is 159 Å². The van der Waals surface area contributed by atoms with Crippen molar-refractivity contribution in [3.8, 4) is 5.75 Å². The minimum atomic E-state index is -1.39. The lowest BCUT2D eigenvalue weighted by Crippen LogP contribution is -2.59. The summed E-state index contributed by atoms with van der Waals surface area (Å²) in [6, 6.07) is 19.1. The lowest BCUT2D eigenvalue weighted by atomic mass is 9.52. The van der Waals surface area contributed by atoms with E-state index < -0.39 is 71.1 Å². The number of ketones is 1. The molecule has 12 atom stereocenters. The van der Waals surface area contributed by atoms with E-state index in [1.807, 2.05) is 67.6 Å². The predicted molar refractivity (Wildman–Crippen MR) is 324 cm³/mol. The molecular formula is C67H93N7O8. The molecule has 1 amide bonds. The third-order valence-electron chi connectivity index (χ3n) is 19.3. The highest BCUT2D eigenvalue weighted by Gasteiger charge is 2.64. The number of nitrogens with one attached hydrogen (secondary N) is 3. The molecule has 82 heavy (non-hydrogen) atoms. The van der Waals surface area contributed by atoms with Crippen molar-refractivity contribution in [2.45, 2.75) is 172 Å². The third kappa shape index (κ3) is 14.4. The van der Waals surface area contributed by atoms with Crippen molar-refractivity contribution in [3.63, 3.8) is 0 Å². The lowest BCUT2D eigenvalue weighted by molar-refractivity contribution is -0.168. The maximum atomic E-state index is 15.1. The van der Waals surface area contributed by atoms with Gasteiger partial charge in [-0.1, -0.05) is 116 Å². The SMILES string of the molecule is C=C(/C=C/C=C(/CO)[C@H]1CC[C@@]2([C@@H]3CC[C@H](O)Cc4cccc(c4)C[C@H]([C@H](CN=C(N)N)c4ccc(O)cc4)[C@H](O)CN[C@H]4C(=O)N[C@@H](N)c5cccc(c54)CC(=O)/C(C)=C/3CC[C@@]2(C)O)[C@@H]1O)[C@H](CC=C(C)C)NCC1CCCCC1. The van der Waals surface area contributed by atoms with Gasteiger partial charge in [-0.15, -0.1) is 0 Å². The molecule has 3 aromatic rings. The van der Waals surface area contributed by atoms with E-state index in [-0.39, 0.29) is 62.5 Å². The van der Waals surface area contributed by atoms with Crippen LogP contribution in [0.4, 0.5) is 0 Å². The first-order chi connectivity index (χ1) is 39.2. The molecule has 2 heterocycles. The van der Waals surface area contributed by atoms with E-state index in [0.717, 1.165) is 40.8 Å². The molecule has 444 valence electrons. The maximum absolute atomic E-state index is 15.1. The number of phenolic OH excluding ortho intramolecular Hbond substituents is 1. The number of hydrogen-bond acceptors (Lipinski definition) is 12. The predicted octanol–water partition coefficient (Wildman–Crippen LogP) is 7.36. The number of carbonyl (C=O) groups excluding carboxylic acids is 2. The molecule has 0 saturated heterocycles. The van der Waals surface area contributed by atoms with Gasteiger partial charge in [-0.3, -0.25) is 19.9 Å². The Morgan fingerprint density at radius 2 is 1.66 bits per heavy atom. The Morgan fingerprint density at radius 1 is 0.939 bits per heavy atom. The number of benzene rings is 3. The largest absolute Gasteiger partial charge is 0.508 e. The first-order valence-corrected chi connectivity index (χ1v) is 30.1. The number of β-amino-alcohol motifs (C(OH)–C–C–N with tert-alkyl or cyclic N) is 1. The average Bonchev–Trinajstić information content (AvgIpc) is 1.70. The van der Waals surface area contributed by atoms with E-state index in [0.29, 0.717) is 72.3 Å². The van der Waals surface area contributed by atoms with Crippen molar-refractivity contribution < 1.29 is 40.2 Å². The monoisotopic (exact) mass is 1120 g/mol. The molecule has 1 spiro atoms. The number of fused-ring (bicyclic) bond motifs is 4. The van der Waals surface area contributed by atoms with Crippen molar-refractivity contribution in [2.24, 2.45) is 51.3 Å². The molecule has 15 heteroatoms. The van der Waals surface area contributed by atoms with E-state index in [9.17, 15) is 35.4 Å². The minimum Gasteiger partial charge on any atom is -0.508 e. The van der Waals surface area contributed by atoms with Crippen molar-refractivity contribution in [1.82, 2.24) is 16.0 Å². The lowest BCUT2D eigenvalue weighted by Gasteiger charge is -2.56. The zero-order valence-corrected chi connectivity index (χ0v) is 48.8. The summed E-state index contributed by atoms with van der Waals surface area (Å²) in [6.45, 7) is 13.0. The van der Waals surface area contributed by atoms with Gasteiger partial charge in [0.25, 0.3) is 0 Å². The van der Waals surface area contributed by atoms with Crippen LogP contribution in [0.2, 0.25) is 0 Å². The smallest absolute Gasteiger partial charge is 0.243 e. The molecule has 3 aromatic carbocycles. The standard InChI is InChI=1S/C67H93N7O8/c1-40(2)20-27-57(71-36-43-13-7-6-8-14-43)41(3)12-9-18-48(39-75)52-29-31-67(62(52)80)56-26-25-50(77)33-44-15-10-16-45(32-44)34-54(55(37-73-65(69)70)46-21-23-49(76)24-22-46)59(79)38-72-61-60-47(17-11-19-53(60)63(68)74-64(61)81)35-58(78)42(4)51(56)28-30-66(67,5)82/h9-12,15-24,32,43,50,52,54-57,59,61-63,71-72,75-77,79-80,82H,3,6-8,13-14,25-31,33-39,68H2,1-2,4-5H3,(H,74,81)(H4,69,70,73)/b12-9+,48-18-,51-42+/t50-,52+,54+,55+,56+,57-,59+,61+,62+,63+,66+,67+/m0/s1. The molecular weight excluding hydrogens is 1030 g/mol. The number of nitrogens with two attached hydrogens (primary N) is 3. The number of aromatic hydroxyl groups is 1. The van der Waals surface area contributed by atoms with Crippen molar-refractivity contribution >= 4 is 17.6 Å². The number of guanidine groups is 1. The summed E-state index contributed by atoms with van der Waals surface area (Å²) >= 11 is 0. The van der Waals surface area contributed by atoms with Crippen LogP contribution in [0.1, 0.15) is 156 Å². The normalized spacial score (nSPS) is 30.4. The highest BCUT2D eigenvalue weighted by Crippen LogP contribution is 2.63. The van der Waals surface area contributed by atoms with Crippen LogP contribution in [0.3, 0.4) is 0 Å². The number of rotatable bonds is 14. The van der Waals surface area contributed by atoms with Gasteiger partial charge in [0.05, 0.1) is 30.5 Å². The minimum absolute atomic E-state index is 0.0424. The van der Waals surface area contributed by atoms with Gasteiger partial charge < -0.3 is 58.5 Å². The van der Waals surface area contributed by atoms with Gasteiger partial charge in [0.15, 0.2) is 11.7 Å². The van der Waals surface area contributed by atoms with Gasteiger partial charge in [0, 0.05) is 42.8 Å². The van der Waals surface area contributed by atoms with Crippen LogP contribution < -0.4 is 33.2 Å². The molecule has 0 unspecified atom stereocenters. The van der Waals surface area contributed by atoms with E-state index >= 15 is 4.79 Å². The highest BCUT2D eigenvalue weighted by molar-refractivity contribution is 5.98. The summed E-state index contributed by atoms with van der Waals surface area (Å²) in [5.41, 5.74) is 24.4. The Bertz CT molecular complexity index is 2880. The molecule has 3 saturated carbocycles. The van der Waals surface area contributed by atoms with Crippen LogP contribution in [0, 0.1) is 29.1 Å². The zero-order chi connectivity index (χ0) is 58.9. The van der Waals surface area contributed by atoms with Crippen LogP contribution in [0.5, 0.6) is 5.75 Å². The highest BCUT2D eigenvalue weighted by atomic mass is 16.3. The second-order valence-corrected chi connectivity index (χ2v) is 24.9. The quantitative estimate of drug-likeness (QED) is 0.0326. The maximum Gasteiger partial charge on any atom is 0.243 e. The molecule has 5 aliphatic rings. The molecule has 0 aromatic heterocycles. The van der Waals surface area contributed by atoms with Crippen LogP contribution in [-0.4, -0.2) is 104 Å². The summed E-state index contributed by atoms with van der Waals surface area (Å²) in [6.07, 6.45) is 14.0.